The molecule has 2 aromatic heterocycles. The molecule has 3 rings (SSSR count). The van der Waals surface area contributed by atoms with Gasteiger partial charge in [0, 0.05) is 22.4 Å². The van der Waals surface area contributed by atoms with E-state index in [0.717, 1.165) is 10.0 Å². The van der Waals surface area contributed by atoms with Crippen LogP contribution in [0, 0.1) is 0 Å². The van der Waals surface area contributed by atoms with Crippen LogP contribution < -0.4 is 14.8 Å². The van der Waals surface area contributed by atoms with Crippen molar-refractivity contribution in [3.63, 3.8) is 0 Å². The first-order valence-electron chi connectivity index (χ1n) is 7.09. The highest BCUT2D eigenvalue weighted by molar-refractivity contribution is 9.10. The van der Waals surface area contributed by atoms with Crippen LogP contribution in [0.3, 0.4) is 0 Å². The van der Waals surface area contributed by atoms with E-state index in [-0.39, 0.29) is 5.91 Å². The van der Waals surface area contributed by atoms with Gasteiger partial charge < -0.3 is 9.47 Å². The van der Waals surface area contributed by atoms with Crippen molar-refractivity contribution in [1.82, 2.24) is 15.2 Å². The summed E-state index contributed by atoms with van der Waals surface area (Å²) >= 11 is 4.61. The minimum Gasteiger partial charge on any atom is -0.496 e. The molecule has 3 aromatic rings. The first-order valence-corrected chi connectivity index (χ1v) is 8.70. The third-order valence-corrected chi connectivity index (χ3v) is 4.57. The Balaban J connectivity index is 1.85. The number of hydrogen-bond acceptors (Lipinski definition) is 7. The molecule has 1 amide bonds. The zero-order chi connectivity index (χ0) is 17.8. The summed E-state index contributed by atoms with van der Waals surface area (Å²) in [5.74, 6) is 0.444. The number of carbonyl (C=O) groups excluding carboxylic acids is 1. The van der Waals surface area contributed by atoms with Crippen molar-refractivity contribution in [2.75, 3.05) is 19.5 Å². The quantitative estimate of drug-likeness (QED) is 0.677. The van der Waals surface area contributed by atoms with Crippen molar-refractivity contribution in [1.29, 1.82) is 0 Å². The van der Waals surface area contributed by atoms with Gasteiger partial charge in [-0.05, 0) is 34.1 Å². The average molecular weight is 421 g/mol. The third-order valence-electron chi connectivity index (χ3n) is 3.25. The molecule has 0 aliphatic heterocycles. The lowest BCUT2D eigenvalue weighted by Gasteiger charge is -2.11. The highest BCUT2D eigenvalue weighted by Gasteiger charge is 2.20. The van der Waals surface area contributed by atoms with Crippen LogP contribution in [0.5, 0.6) is 11.5 Å². The highest BCUT2D eigenvalue weighted by atomic mass is 79.9. The largest absolute Gasteiger partial charge is 0.496 e. The molecular formula is C16H13BrN4O3S. The molecule has 0 atom stereocenters. The number of carbonyl (C=O) groups is 1. The normalized spacial score (nSPS) is 10.4. The first kappa shape index (κ1) is 17.3. The average Bonchev–Trinajstić information content (AvgIpc) is 3.09. The molecule has 1 aromatic carbocycles. The second-order valence-corrected chi connectivity index (χ2v) is 6.69. The fourth-order valence-electron chi connectivity index (χ4n) is 2.15. The predicted molar refractivity (Wildman–Crippen MR) is 98.3 cm³/mol. The van der Waals surface area contributed by atoms with Crippen LogP contribution in [0.1, 0.15) is 10.4 Å². The molecule has 128 valence electrons. The van der Waals surface area contributed by atoms with E-state index in [0.29, 0.717) is 27.2 Å². The van der Waals surface area contributed by atoms with E-state index in [4.69, 9.17) is 9.47 Å². The van der Waals surface area contributed by atoms with E-state index in [9.17, 15) is 4.79 Å². The smallest absolute Gasteiger partial charge is 0.265 e. The monoisotopic (exact) mass is 420 g/mol. The van der Waals surface area contributed by atoms with E-state index in [1.165, 1.54) is 25.6 Å². The molecule has 25 heavy (non-hydrogen) atoms. The molecule has 0 unspecified atom stereocenters. The topological polar surface area (TPSA) is 86.2 Å². The Labute approximate surface area is 156 Å². The summed E-state index contributed by atoms with van der Waals surface area (Å²) in [5.41, 5.74) is 1.11. The van der Waals surface area contributed by atoms with Crippen molar-refractivity contribution in [2.24, 2.45) is 0 Å². The van der Waals surface area contributed by atoms with Gasteiger partial charge in [0.15, 0.2) is 5.01 Å². The molecule has 0 spiro atoms. The molecule has 0 radical (unpaired) electrons. The number of ether oxygens (including phenoxy) is 2. The fourth-order valence-corrected chi connectivity index (χ4v) is 3.24. The highest BCUT2D eigenvalue weighted by Crippen LogP contribution is 2.31. The lowest BCUT2D eigenvalue weighted by molar-refractivity contribution is 0.102. The number of nitrogens with zero attached hydrogens (tertiary/aromatic N) is 3. The summed E-state index contributed by atoms with van der Waals surface area (Å²) in [6.45, 7) is 0. The van der Waals surface area contributed by atoms with E-state index in [1.54, 1.807) is 30.6 Å². The van der Waals surface area contributed by atoms with E-state index in [2.05, 4.69) is 36.4 Å². The Kier molecular flexibility index (Phi) is 5.25. The van der Waals surface area contributed by atoms with Crippen LogP contribution in [-0.2, 0) is 0 Å². The number of hydrogen-bond donors (Lipinski definition) is 1. The van der Waals surface area contributed by atoms with Crippen LogP contribution in [0.2, 0.25) is 0 Å². The molecule has 0 saturated carbocycles. The van der Waals surface area contributed by atoms with Crippen molar-refractivity contribution in [3.8, 4) is 22.1 Å². The van der Waals surface area contributed by atoms with E-state index >= 15 is 0 Å². The Bertz CT molecular complexity index is 894. The van der Waals surface area contributed by atoms with Crippen LogP contribution in [0.25, 0.3) is 10.6 Å². The molecule has 9 heteroatoms. The van der Waals surface area contributed by atoms with Gasteiger partial charge in [-0.1, -0.05) is 17.4 Å². The molecular weight excluding hydrogens is 408 g/mol. The third kappa shape index (κ3) is 3.77. The minimum atomic E-state index is -0.385. The molecule has 0 fully saturated rings. The summed E-state index contributed by atoms with van der Waals surface area (Å²) in [5, 5.41) is 11.8. The van der Waals surface area contributed by atoms with Gasteiger partial charge in [-0.2, -0.15) is 0 Å². The number of halogens is 1. The number of pyridine rings is 1. The SMILES string of the molecule is COc1cccc(OC)c1C(=O)Nc1nnc(-c2cncc(Br)c2)s1. The lowest BCUT2D eigenvalue weighted by atomic mass is 10.1. The summed E-state index contributed by atoms with van der Waals surface area (Å²) in [4.78, 5) is 16.7. The van der Waals surface area contributed by atoms with Gasteiger partial charge in [-0.25, -0.2) is 0 Å². The standard InChI is InChI=1S/C16H13BrN4O3S/c1-23-11-4-3-5-12(24-2)13(11)14(22)19-16-21-20-15(25-16)9-6-10(17)8-18-7-9/h3-8H,1-2H3,(H,19,21,22). The number of benzene rings is 1. The van der Waals surface area contributed by atoms with Gasteiger partial charge in [0.1, 0.15) is 17.1 Å². The lowest BCUT2D eigenvalue weighted by Crippen LogP contribution is -2.14. The predicted octanol–water partition coefficient (Wildman–Crippen LogP) is 3.63. The molecule has 0 aliphatic rings. The Morgan fingerprint density at radius 1 is 1.16 bits per heavy atom. The van der Waals surface area contributed by atoms with E-state index in [1.807, 2.05) is 6.07 Å². The zero-order valence-electron chi connectivity index (χ0n) is 13.3. The summed E-state index contributed by atoms with van der Waals surface area (Å²) in [7, 11) is 2.99. The van der Waals surface area contributed by atoms with Crippen molar-refractivity contribution in [3.05, 3.63) is 46.7 Å². The maximum Gasteiger partial charge on any atom is 0.265 e. The molecule has 1 N–H and O–H groups in total. The maximum atomic E-state index is 12.6. The first-order chi connectivity index (χ1) is 12.1. The molecule has 2 heterocycles. The van der Waals surface area contributed by atoms with Gasteiger partial charge in [-0.15, -0.1) is 10.2 Å². The maximum absolute atomic E-state index is 12.6. The number of nitrogens with one attached hydrogen (secondary N) is 1. The van der Waals surface area contributed by atoms with Gasteiger partial charge in [0.25, 0.3) is 5.91 Å². The summed E-state index contributed by atoms with van der Waals surface area (Å²) in [6.07, 6.45) is 3.36. The Hall–Kier alpha value is -2.52. The number of amides is 1. The van der Waals surface area contributed by atoms with Crippen molar-refractivity contribution < 1.29 is 14.3 Å². The summed E-state index contributed by atoms with van der Waals surface area (Å²) in [6, 6.07) is 7.01. The van der Waals surface area contributed by atoms with Crippen molar-refractivity contribution >= 4 is 38.3 Å². The van der Waals surface area contributed by atoms with Gasteiger partial charge >= 0.3 is 0 Å². The van der Waals surface area contributed by atoms with E-state index < -0.39 is 0 Å². The number of anilines is 1. The summed E-state index contributed by atoms with van der Waals surface area (Å²) < 4.78 is 11.3. The molecule has 7 nitrogen and oxygen atoms in total. The number of aromatic nitrogens is 3. The van der Waals surface area contributed by atoms with Crippen LogP contribution in [0.15, 0.2) is 41.1 Å². The fraction of sp³-hybridized carbons (Fsp3) is 0.125. The Morgan fingerprint density at radius 2 is 1.88 bits per heavy atom. The van der Waals surface area contributed by atoms with Crippen LogP contribution >= 0.6 is 27.3 Å². The van der Waals surface area contributed by atoms with Crippen LogP contribution in [-0.4, -0.2) is 35.3 Å². The number of methoxy groups -OCH3 is 2. The second-order valence-electron chi connectivity index (χ2n) is 4.80. The zero-order valence-corrected chi connectivity index (χ0v) is 15.7. The number of rotatable bonds is 5. The molecule has 0 saturated heterocycles. The molecule has 0 bridgehead atoms. The van der Waals surface area contributed by atoms with Gasteiger partial charge in [-0.3, -0.25) is 15.1 Å². The van der Waals surface area contributed by atoms with Crippen molar-refractivity contribution in [2.45, 2.75) is 0 Å². The molecule has 0 aliphatic carbocycles. The minimum absolute atomic E-state index is 0.299. The second kappa shape index (κ2) is 7.58. The van der Waals surface area contributed by atoms with Gasteiger partial charge in [0.05, 0.1) is 14.2 Å². The Morgan fingerprint density at radius 3 is 2.52 bits per heavy atom. The van der Waals surface area contributed by atoms with Gasteiger partial charge in [0.2, 0.25) is 5.13 Å². The van der Waals surface area contributed by atoms with Crippen LogP contribution in [0.4, 0.5) is 5.13 Å².